The average Bonchev–Trinajstić information content (AvgIpc) is 2.42. The summed E-state index contributed by atoms with van der Waals surface area (Å²) in [6.07, 6.45) is -0.118. The van der Waals surface area contributed by atoms with Gasteiger partial charge in [-0.2, -0.15) is 0 Å². The maximum Gasteiger partial charge on any atom is 0.225 e. The van der Waals surface area contributed by atoms with Crippen LogP contribution in [-0.2, 0) is 11.2 Å². The molecular weight excluding hydrogens is 340 g/mol. The zero-order valence-electron chi connectivity index (χ0n) is 11.4. The van der Waals surface area contributed by atoms with Crippen molar-refractivity contribution in [3.63, 3.8) is 0 Å². The van der Waals surface area contributed by atoms with Crippen molar-refractivity contribution in [2.24, 2.45) is 0 Å². The number of carbonyl (C=O) groups is 1. The van der Waals surface area contributed by atoms with Crippen molar-refractivity contribution in [3.05, 3.63) is 69.7 Å². The van der Waals surface area contributed by atoms with Crippen molar-refractivity contribution in [1.82, 2.24) is 5.32 Å². The van der Waals surface area contributed by atoms with E-state index in [0.717, 1.165) is 22.2 Å². The van der Waals surface area contributed by atoms with Gasteiger partial charge in [-0.1, -0.05) is 34.1 Å². The highest BCUT2D eigenvalue weighted by atomic mass is 79.9. The van der Waals surface area contributed by atoms with E-state index in [1.54, 1.807) is 0 Å². The van der Waals surface area contributed by atoms with Gasteiger partial charge >= 0.3 is 0 Å². The number of amides is 1. The molecule has 1 atom stereocenters. The lowest BCUT2D eigenvalue weighted by atomic mass is 10.1. The fourth-order valence-electron chi connectivity index (χ4n) is 1.97. The van der Waals surface area contributed by atoms with Gasteiger partial charge in [-0.25, -0.2) is 8.78 Å². The monoisotopic (exact) mass is 353 g/mol. The number of rotatable bonds is 4. The van der Waals surface area contributed by atoms with Gasteiger partial charge in [0.25, 0.3) is 0 Å². The molecule has 1 amide bonds. The van der Waals surface area contributed by atoms with Gasteiger partial charge in [0, 0.05) is 10.5 Å². The van der Waals surface area contributed by atoms with E-state index in [9.17, 15) is 13.6 Å². The molecule has 1 unspecified atom stereocenters. The molecule has 2 aromatic rings. The van der Waals surface area contributed by atoms with E-state index in [-0.39, 0.29) is 23.9 Å². The predicted octanol–water partition coefficient (Wildman–Crippen LogP) is 4.15. The highest BCUT2D eigenvalue weighted by Gasteiger charge is 2.12. The van der Waals surface area contributed by atoms with E-state index < -0.39 is 11.6 Å². The lowest BCUT2D eigenvalue weighted by molar-refractivity contribution is -0.121. The Morgan fingerprint density at radius 3 is 2.48 bits per heavy atom. The number of hydrogen-bond donors (Lipinski definition) is 1. The highest BCUT2D eigenvalue weighted by molar-refractivity contribution is 9.10. The molecule has 0 aliphatic rings. The Morgan fingerprint density at radius 2 is 1.86 bits per heavy atom. The van der Waals surface area contributed by atoms with E-state index in [4.69, 9.17) is 0 Å². The standard InChI is InChI=1S/C16H14BrF2NO/c1-10(11-2-5-13(17)6-3-11)20-16(21)8-12-4-7-14(18)9-15(12)19/h2-7,9-10H,8H2,1H3,(H,20,21). The molecule has 0 aliphatic heterocycles. The molecule has 110 valence electrons. The smallest absolute Gasteiger partial charge is 0.225 e. The first-order chi connectivity index (χ1) is 9.95. The summed E-state index contributed by atoms with van der Waals surface area (Å²) < 4.78 is 27.3. The minimum absolute atomic E-state index is 0.118. The van der Waals surface area contributed by atoms with Crippen LogP contribution in [0.4, 0.5) is 8.78 Å². The van der Waals surface area contributed by atoms with Crippen LogP contribution in [0, 0.1) is 11.6 Å². The molecule has 0 heterocycles. The molecule has 0 radical (unpaired) electrons. The number of halogens is 3. The fraction of sp³-hybridized carbons (Fsp3) is 0.188. The Labute approximate surface area is 130 Å². The molecule has 0 spiro atoms. The summed E-state index contributed by atoms with van der Waals surface area (Å²) in [5.41, 5.74) is 1.13. The van der Waals surface area contributed by atoms with Crippen molar-refractivity contribution < 1.29 is 13.6 Å². The van der Waals surface area contributed by atoms with Crippen molar-refractivity contribution in [3.8, 4) is 0 Å². The van der Waals surface area contributed by atoms with Crippen LogP contribution in [0.25, 0.3) is 0 Å². The first kappa shape index (κ1) is 15.6. The van der Waals surface area contributed by atoms with Gasteiger partial charge < -0.3 is 5.32 Å². The molecule has 2 nitrogen and oxygen atoms in total. The second-order valence-corrected chi connectivity index (χ2v) is 5.67. The van der Waals surface area contributed by atoms with Gasteiger partial charge in [0.2, 0.25) is 5.91 Å². The van der Waals surface area contributed by atoms with Gasteiger partial charge in [0.05, 0.1) is 12.5 Å². The molecule has 0 aromatic heterocycles. The van der Waals surface area contributed by atoms with Crippen LogP contribution in [0.2, 0.25) is 0 Å². The number of carbonyl (C=O) groups excluding carboxylic acids is 1. The first-order valence-corrected chi connectivity index (χ1v) is 7.24. The molecule has 1 N–H and O–H groups in total. The van der Waals surface area contributed by atoms with E-state index in [0.29, 0.717) is 0 Å². The Kier molecular flexibility index (Phi) is 5.07. The summed E-state index contributed by atoms with van der Waals surface area (Å²) >= 11 is 3.34. The molecule has 0 saturated heterocycles. The molecular formula is C16H14BrF2NO. The molecule has 5 heteroatoms. The van der Waals surface area contributed by atoms with Crippen LogP contribution in [0.15, 0.2) is 46.9 Å². The van der Waals surface area contributed by atoms with Gasteiger partial charge in [0.1, 0.15) is 11.6 Å². The largest absolute Gasteiger partial charge is 0.349 e. The third kappa shape index (κ3) is 4.36. The summed E-state index contributed by atoms with van der Waals surface area (Å²) in [6, 6.07) is 10.6. The Morgan fingerprint density at radius 1 is 1.19 bits per heavy atom. The zero-order chi connectivity index (χ0) is 15.4. The van der Waals surface area contributed by atoms with Crippen LogP contribution >= 0.6 is 15.9 Å². The Bertz CT molecular complexity index is 643. The highest BCUT2D eigenvalue weighted by Crippen LogP contribution is 2.17. The number of nitrogens with one attached hydrogen (secondary N) is 1. The molecule has 0 saturated carbocycles. The SMILES string of the molecule is CC(NC(=O)Cc1ccc(F)cc1F)c1ccc(Br)cc1. The lowest BCUT2D eigenvalue weighted by Crippen LogP contribution is -2.28. The van der Waals surface area contributed by atoms with Gasteiger partial charge in [0.15, 0.2) is 0 Å². The van der Waals surface area contributed by atoms with E-state index in [1.807, 2.05) is 31.2 Å². The van der Waals surface area contributed by atoms with Crippen molar-refractivity contribution in [1.29, 1.82) is 0 Å². The molecule has 0 fully saturated rings. The summed E-state index contributed by atoms with van der Waals surface area (Å²) in [7, 11) is 0. The minimum atomic E-state index is -0.707. The van der Waals surface area contributed by atoms with E-state index in [2.05, 4.69) is 21.2 Å². The zero-order valence-corrected chi connectivity index (χ0v) is 13.0. The van der Waals surface area contributed by atoms with Crippen molar-refractivity contribution in [2.75, 3.05) is 0 Å². The molecule has 0 bridgehead atoms. The van der Waals surface area contributed by atoms with E-state index in [1.165, 1.54) is 6.07 Å². The topological polar surface area (TPSA) is 29.1 Å². The van der Waals surface area contributed by atoms with Gasteiger partial charge in [-0.3, -0.25) is 4.79 Å². The second-order valence-electron chi connectivity index (χ2n) is 4.75. The average molecular weight is 354 g/mol. The van der Waals surface area contributed by atoms with Crippen LogP contribution in [0.3, 0.4) is 0 Å². The molecule has 21 heavy (non-hydrogen) atoms. The summed E-state index contributed by atoms with van der Waals surface area (Å²) in [6.45, 7) is 1.85. The van der Waals surface area contributed by atoms with Crippen LogP contribution in [0.5, 0.6) is 0 Å². The maximum absolute atomic E-state index is 13.5. The van der Waals surface area contributed by atoms with Gasteiger partial charge in [-0.15, -0.1) is 0 Å². The predicted molar refractivity (Wildman–Crippen MR) is 80.8 cm³/mol. The van der Waals surface area contributed by atoms with Crippen LogP contribution in [-0.4, -0.2) is 5.91 Å². The molecule has 0 aliphatic carbocycles. The van der Waals surface area contributed by atoms with Crippen LogP contribution in [0.1, 0.15) is 24.1 Å². The lowest BCUT2D eigenvalue weighted by Gasteiger charge is -2.14. The second kappa shape index (κ2) is 6.80. The summed E-state index contributed by atoms with van der Waals surface area (Å²) in [4.78, 5) is 11.9. The summed E-state index contributed by atoms with van der Waals surface area (Å²) in [5, 5.41) is 2.79. The minimum Gasteiger partial charge on any atom is -0.349 e. The Hall–Kier alpha value is -1.75. The molecule has 2 aromatic carbocycles. The number of benzene rings is 2. The maximum atomic E-state index is 13.5. The van der Waals surface area contributed by atoms with E-state index >= 15 is 0 Å². The third-order valence-corrected chi connectivity index (χ3v) is 3.64. The quantitative estimate of drug-likeness (QED) is 0.878. The van der Waals surface area contributed by atoms with Crippen LogP contribution < -0.4 is 5.32 Å². The van der Waals surface area contributed by atoms with Gasteiger partial charge in [-0.05, 0) is 36.2 Å². The van der Waals surface area contributed by atoms with Crippen molar-refractivity contribution >= 4 is 21.8 Å². The normalized spacial score (nSPS) is 12.0. The number of hydrogen-bond acceptors (Lipinski definition) is 1. The first-order valence-electron chi connectivity index (χ1n) is 6.44. The fourth-order valence-corrected chi connectivity index (χ4v) is 2.23. The Balaban J connectivity index is 1.99. The van der Waals surface area contributed by atoms with Crippen molar-refractivity contribution in [2.45, 2.75) is 19.4 Å². The summed E-state index contributed by atoms with van der Waals surface area (Å²) in [5.74, 6) is -1.67. The molecule has 2 rings (SSSR count). The third-order valence-electron chi connectivity index (χ3n) is 3.11.